The number of amides is 1. The molecule has 1 N–H and O–H groups in total. The van der Waals surface area contributed by atoms with Crippen molar-refractivity contribution in [1.29, 1.82) is 0 Å². The van der Waals surface area contributed by atoms with Gasteiger partial charge in [0.1, 0.15) is 0 Å². The Morgan fingerprint density at radius 3 is 2.36 bits per heavy atom. The number of aromatic nitrogens is 2. The van der Waals surface area contributed by atoms with Gasteiger partial charge in [0, 0.05) is 32.7 Å². The van der Waals surface area contributed by atoms with Crippen LogP contribution in [0, 0.1) is 11.3 Å². The summed E-state index contributed by atoms with van der Waals surface area (Å²) in [5.41, 5.74) is 0.781. The van der Waals surface area contributed by atoms with Crippen molar-refractivity contribution in [2.45, 2.75) is 46.1 Å². The fraction of sp³-hybridized carbons (Fsp3) is 0.737. The van der Waals surface area contributed by atoms with Crippen LogP contribution in [0.3, 0.4) is 0 Å². The summed E-state index contributed by atoms with van der Waals surface area (Å²) in [4.78, 5) is 16.5. The highest BCUT2D eigenvalue weighted by atomic mass is 16.1. The lowest BCUT2D eigenvalue weighted by Crippen LogP contribution is -2.44. The number of likely N-dealkylation sites (tertiary alicyclic amines) is 1. The highest BCUT2D eigenvalue weighted by Crippen LogP contribution is 2.35. The van der Waals surface area contributed by atoms with Gasteiger partial charge in [-0.2, -0.15) is 0 Å². The number of hydrogen-bond acceptors (Lipinski definition) is 5. The molecule has 0 saturated carbocycles. The second-order valence-corrected chi connectivity index (χ2v) is 8.42. The molecule has 6 heteroatoms. The van der Waals surface area contributed by atoms with Gasteiger partial charge in [-0.1, -0.05) is 20.8 Å². The van der Waals surface area contributed by atoms with Crippen molar-refractivity contribution in [3.8, 4) is 0 Å². The third-order valence-electron chi connectivity index (χ3n) is 5.86. The summed E-state index contributed by atoms with van der Waals surface area (Å²) in [5, 5.41) is 10.9. The lowest BCUT2D eigenvalue weighted by Gasteiger charge is -2.37. The SMILES string of the molecule is CNC(=O)c1ccc(N2CCC(N3CCC(C(C)(C)C)C3)CC2)nn1. The predicted octanol–water partition coefficient (Wildman–Crippen LogP) is 2.17. The van der Waals surface area contributed by atoms with Gasteiger partial charge >= 0.3 is 0 Å². The highest BCUT2D eigenvalue weighted by molar-refractivity contribution is 5.91. The highest BCUT2D eigenvalue weighted by Gasteiger charge is 2.35. The molecule has 2 fully saturated rings. The Morgan fingerprint density at radius 2 is 1.84 bits per heavy atom. The maximum atomic E-state index is 11.6. The van der Waals surface area contributed by atoms with E-state index in [0.717, 1.165) is 24.8 Å². The van der Waals surface area contributed by atoms with Crippen LogP contribution in [0.5, 0.6) is 0 Å². The minimum atomic E-state index is -0.194. The summed E-state index contributed by atoms with van der Waals surface area (Å²) in [5.74, 6) is 1.49. The minimum Gasteiger partial charge on any atom is -0.355 e. The van der Waals surface area contributed by atoms with Gasteiger partial charge in [-0.25, -0.2) is 0 Å². The number of piperidine rings is 1. The zero-order valence-corrected chi connectivity index (χ0v) is 16.0. The van der Waals surface area contributed by atoms with E-state index < -0.39 is 0 Å². The summed E-state index contributed by atoms with van der Waals surface area (Å²) < 4.78 is 0. The van der Waals surface area contributed by atoms with Crippen LogP contribution in [-0.2, 0) is 0 Å². The van der Waals surface area contributed by atoms with Crippen molar-refractivity contribution in [1.82, 2.24) is 20.4 Å². The van der Waals surface area contributed by atoms with Crippen molar-refractivity contribution in [3.05, 3.63) is 17.8 Å². The molecule has 0 aliphatic carbocycles. The summed E-state index contributed by atoms with van der Waals surface area (Å²) in [6.07, 6.45) is 3.68. The van der Waals surface area contributed by atoms with Crippen LogP contribution < -0.4 is 10.2 Å². The van der Waals surface area contributed by atoms with E-state index in [1.165, 1.54) is 32.4 Å². The van der Waals surface area contributed by atoms with Gasteiger partial charge in [-0.05, 0) is 49.3 Å². The first kappa shape index (κ1) is 18.1. The molecule has 2 aliphatic rings. The van der Waals surface area contributed by atoms with Crippen LogP contribution in [0.15, 0.2) is 12.1 Å². The van der Waals surface area contributed by atoms with Crippen LogP contribution >= 0.6 is 0 Å². The van der Waals surface area contributed by atoms with Crippen LogP contribution in [0.4, 0.5) is 5.82 Å². The summed E-state index contributed by atoms with van der Waals surface area (Å²) >= 11 is 0. The number of carbonyl (C=O) groups is 1. The molecule has 0 aromatic carbocycles. The first-order chi connectivity index (χ1) is 11.9. The Bertz CT molecular complexity index is 587. The summed E-state index contributed by atoms with van der Waals surface area (Å²) in [7, 11) is 1.60. The number of hydrogen-bond donors (Lipinski definition) is 1. The van der Waals surface area contributed by atoms with E-state index in [0.29, 0.717) is 17.2 Å². The van der Waals surface area contributed by atoms with Crippen molar-refractivity contribution < 1.29 is 4.79 Å². The van der Waals surface area contributed by atoms with Crippen molar-refractivity contribution in [3.63, 3.8) is 0 Å². The Hall–Kier alpha value is -1.69. The average molecular weight is 345 g/mol. The molecule has 25 heavy (non-hydrogen) atoms. The lowest BCUT2D eigenvalue weighted by atomic mass is 9.80. The fourth-order valence-corrected chi connectivity index (χ4v) is 4.03. The molecule has 0 radical (unpaired) electrons. The molecule has 0 bridgehead atoms. The molecule has 2 aliphatic heterocycles. The van der Waals surface area contributed by atoms with E-state index in [4.69, 9.17) is 0 Å². The predicted molar refractivity (Wildman–Crippen MR) is 99.8 cm³/mol. The van der Waals surface area contributed by atoms with Gasteiger partial charge in [-0.3, -0.25) is 9.69 Å². The fourth-order valence-electron chi connectivity index (χ4n) is 4.03. The van der Waals surface area contributed by atoms with Gasteiger partial charge in [0.2, 0.25) is 0 Å². The number of anilines is 1. The molecule has 1 amide bonds. The van der Waals surface area contributed by atoms with E-state index in [1.807, 2.05) is 6.07 Å². The van der Waals surface area contributed by atoms with Gasteiger partial charge < -0.3 is 10.2 Å². The Labute approximate surface area is 151 Å². The van der Waals surface area contributed by atoms with E-state index in [9.17, 15) is 4.79 Å². The Morgan fingerprint density at radius 1 is 1.12 bits per heavy atom. The topological polar surface area (TPSA) is 61.4 Å². The first-order valence-electron chi connectivity index (χ1n) is 9.43. The van der Waals surface area contributed by atoms with Crippen LogP contribution in [0.2, 0.25) is 0 Å². The molecule has 1 atom stereocenters. The maximum absolute atomic E-state index is 11.6. The molecular formula is C19H31N5O. The van der Waals surface area contributed by atoms with Crippen molar-refractivity contribution in [2.75, 3.05) is 38.1 Å². The Balaban J connectivity index is 1.53. The molecule has 1 aromatic heterocycles. The lowest BCUT2D eigenvalue weighted by molar-refractivity contribution is 0.0957. The van der Waals surface area contributed by atoms with Crippen molar-refractivity contribution >= 4 is 11.7 Å². The normalized spacial score (nSPS) is 23.0. The third-order valence-corrected chi connectivity index (χ3v) is 5.86. The van der Waals surface area contributed by atoms with Gasteiger partial charge in [-0.15, -0.1) is 10.2 Å². The number of carbonyl (C=O) groups excluding carboxylic acids is 1. The third kappa shape index (κ3) is 4.11. The summed E-state index contributed by atoms with van der Waals surface area (Å²) in [6.45, 7) is 11.6. The van der Waals surface area contributed by atoms with Gasteiger partial charge in [0.15, 0.2) is 11.5 Å². The van der Waals surface area contributed by atoms with Crippen LogP contribution in [-0.4, -0.2) is 60.3 Å². The van der Waals surface area contributed by atoms with E-state index in [1.54, 1.807) is 13.1 Å². The number of nitrogens with one attached hydrogen (secondary N) is 1. The average Bonchev–Trinajstić information content (AvgIpc) is 3.12. The standard InChI is InChI=1S/C19H31N5O/c1-19(2,3)14-7-10-24(13-14)15-8-11-23(12-9-15)17-6-5-16(21-22-17)18(25)20-4/h5-6,14-15H,7-13H2,1-4H3,(H,20,25). The number of nitrogens with zero attached hydrogens (tertiary/aromatic N) is 4. The van der Waals surface area contributed by atoms with Crippen LogP contribution in [0.1, 0.15) is 50.5 Å². The smallest absolute Gasteiger partial charge is 0.271 e. The second-order valence-electron chi connectivity index (χ2n) is 8.42. The molecule has 3 heterocycles. The molecule has 0 spiro atoms. The molecule has 3 rings (SSSR count). The first-order valence-corrected chi connectivity index (χ1v) is 9.43. The second kappa shape index (κ2) is 7.28. The van der Waals surface area contributed by atoms with Crippen molar-refractivity contribution in [2.24, 2.45) is 11.3 Å². The summed E-state index contributed by atoms with van der Waals surface area (Å²) in [6, 6.07) is 4.35. The zero-order chi connectivity index (χ0) is 18.0. The number of rotatable bonds is 3. The van der Waals surface area contributed by atoms with Gasteiger partial charge in [0.05, 0.1) is 0 Å². The maximum Gasteiger partial charge on any atom is 0.271 e. The quantitative estimate of drug-likeness (QED) is 0.910. The van der Waals surface area contributed by atoms with E-state index in [-0.39, 0.29) is 5.91 Å². The largest absolute Gasteiger partial charge is 0.355 e. The monoisotopic (exact) mass is 345 g/mol. The van der Waals surface area contributed by atoms with Crippen LogP contribution in [0.25, 0.3) is 0 Å². The molecule has 1 aromatic rings. The van der Waals surface area contributed by atoms with E-state index in [2.05, 4.69) is 46.1 Å². The Kier molecular flexibility index (Phi) is 5.27. The molecule has 2 saturated heterocycles. The van der Waals surface area contributed by atoms with Gasteiger partial charge in [0.25, 0.3) is 5.91 Å². The molecule has 138 valence electrons. The molecular weight excluding hydrogens is 314 g/mol. The minimum absolute atomic E-state index is 0.194. The molecule has 6 nitrogen and oxygen atoms in total. The zero-order valence-electron chi connectivity index (χ0n) is 16.0. The molecule has 1 unspecified atom stereocenters. The van der Waals surface area contributed by atoms with E-state index >= 15 is 0 Å².